The SMILES string of the molecule is COc1cc2c(NC3CCN(C)CC3)nc([C@H]3CCCN(C)CC3)nc2cc1OCc1ccccc1. The van der Waals surface area contributed by atoms with Crippen LogP contribution >= 0.6 is 0 Å². The van der Waals surface area contributed by atoms with Crippen LogP contribution in [0.15, 0.2) is 42.5 Å². The number of likely N-dealkylation sites (tertiary alicyclic amines) is 2. The molecule has 1 N–H and O–H groups in total. The molecule has 0 saturated carbocycles. The Balaban J connectivity index is 1.50. The van der Waals surface area contributed by atoms with Gasteiger partial charge in [0, 0.05) is 23.4 Å². The summed E-state index contributed by atoms with van der Waals surface area (Å²) in [6.07, 6.45) is 5.61. The predicted octanol–water partition coefficient (Wildman–Crippen LogP) is 4.92. The molecule has 0 radical (unpaired) electrons. The van der Waals surface area contributed by atoms with Gasteiger partial charge in [0.2, 0.25) is 0 Å². The molecular weight excluding hydrogens is 450 g/mol. The minimum atomic E-state index is 0.369. The van der Waals surface area contributed by atoms with Crippen LogP contribution in [0, 0.1) is 0 Å². The first-order chi connectivity index (χ1) is 17.6. The Morgan fingerprint density at radius 2 is 1.64 bits per heavy atom. The number of aromatic nitrogens is 2. The lowest BCUT2D eigenvalue weighted by Crippen LogP contribution is -2.37. The number of methoxy groups -OCH3 is 1. The minimum Gasteiger partial charge on any atom is -0.493 e. The lowest BCUT2D eigenvalue weighted by Gasteiger charge is -2.30. The zero-order valence-electron chi connectivity index (χ0n) is 21.9. The standard InChI is InChI=1S/C29H39N5O2/c1-33-14-7-10-22(11-15-33)28-31-25-19-27(36-20-21-8-5-4-6-9-21)26(35-3)18-24(25)29(32-28)30-23-12-16-34(2)17-13-23/h4-6,8-9,18-19,22-23H,7,10-17,20H2,1-3H3,(H,30,31,32)/t22-/m0/s1. The van der Waals surface area contributed by atoms with Crippen LogP contribution in [0.2, 0.25) is 0 Å². The number of hydrogen-bond donors (Lipinski definition) is 1. The second kappa shape index (κ2) is 11.4. The van der Waals surface area contributed by atoms with Crippen molar-refractivity contribution in [2.45, 2.75) is 50.7 Å². The van der Waals surface area contributed by atoms with Crippen molar-refractivity contribution >= 4 is 16.7 Å². The van der Waals surface area contributed by atoms with Crippen molar-refractivity contribution in [2.24, 2.45) is 0 Å². The fraction of sp³-hybridized carbons (Fsp3) is 0.517. The number of anilines is 1. The molecule has 1 aromatic heterocycles. The molecular formula is C29H39N5O2. The highest BCUT2D eigenvalue weighted by Gasteiger charge is 2.24. The molecule has 192 valence electrons. The average Bonchev–Trinajstić information content (AvgIpc) is 3.13. The van der Waals surface area contributed by atoms with Gasteiger partial charge in [-0.25, -0.2) is 9.97 Å². The van der Waals surface area contributed by atoms with Crippen LogP contribution in [0.25, 0.3) is 10.9 Å². The predicted molar refractivity (Wildman–Crippen MR) is 145 cm³/mol. The quantitative estimate of drug-likeness (QED) is 0.505. The molecule has 2 aliphatic heterocycles. The highest BCUT2D eigenvalue weighted by atomic mass is 16.5. The number of nitrogens with zero attached hydrogens (tertiary/aromatic N) is 4. The van der Waals surface area contributed by atoms with Crippen molar-refractivity contribution in [3.63, 3.8) is 0 Å². The normalized spacial score (nSPS) is 20.2. The third-order valence-electron chi connectivity index (χ3n) is 7.61. The fourth-order valence-corrected chi connectivity index (χ4v) is 5.30. The molecule has 0 amide bonds. The van der Waals surface area contributed by atoms with Gasteiger partial charge in [0.05, 0.1) is 12.6 Å². The first kappa shape index (κ1) is 24.8. The molecule has 3 aromatic rings. The van der Waals surface area contributed by atoms with Crippen molar-refractivity contribution < 1.29 is 9.47 Å². The summed E-state index contributed by atoms with van der Waals surface area (Å²) in [5.41, 5.74) is 2.03. The fourth-order valence-electron chi connectivity index (χ4n) is 5.30. The minimum absolute atomic E-state index is 0.369. The summed E-state index contributed by atoms with van der Waals surface area (Å²) < 4.78 is 12.0. The third-order valence-corrected chi connectivity index (χ3v) is 7.61. The molecule has 7 nitrogen and oxygen atoms in total. The maximum Gasteiger partial charge on any atom is 0.163 e. The van der Waals surface area contributed by atoms with Gasteiger partial charge in [-0.15, -0.1) is 0 Å². The zero-order chi connectivity index (χ0) is 24.9. The summed E-state index contributed by atoms with van der Waals surface area (Å²) in [6.45, 7) is 4.90. The topological polar surface area (TPSA) is 62.8 Å². The number of piperidine rings is 1. The molecule has 7 heteroatoms. The molecule has 2 fully saturated rings. The van der Waals surface area contributed by atoms with E-state index in [2.05, 4.69) is 41.3 Å². The van der Waals surface area contributed by atoms with Crippen molar-refractivity contribution in [2.75, 3.05) is 52.7 Å². The Labute approximate surface area is 214 Å². The second-order valence-corrected chi connectivity index (χ2v) is 10.4. The summed E-state index contributed by atoms with van der Waals surface area (Å²) in [6, 6.07) is 14.7. The average molecular weight is 490 g/mol. The van der Waals surface area contributed by atoms with E-state index in [-0.39, 0.29) is 0 Å². The Bertz CT molecular complexity index is 1150. The molecule has 2 saturated heterocycles. The largest absolute Gasteiger partial charge is 0.493 e. The van der Waals surface area contributed by atoms with Crippen LogP contribution in [0.3, 0.4) is 0 Å². The number of fused-ring (bicyclic) bond motifs is 1. The van der Waals surface area contributed by atoms with Crippen LogP contribution in [-0.2, 0) is 6.61 Å². The lowest BCUT2D eigenvalue weighted by molar-refractivity contribution is 0.263. The van der Waals surface area contributed by atoms with E-state index in [1.165, 1.54) is 6.42 Å². The summed E-state index contributed by atoms with van der Waals surface area (Å²) >= 11 is 0. The van der Waals surface area contributed by atoms with Crippen LogP contribution in [0.5, 0.6) is 11.5 Å². The molecule has 2 aromatic carbocycles. The molecule has 1 atom stereocenters. The van der Waals surface area contributed by atoms with Crippen molar-refractivity contribution in [1.29, 1.82) is 0 Å². The summed E-state index contributed by atoms with van der Waals surface area (Å²) in [5.74, 6) is 3.66. The smallest absolute Gasteiger partial charge is 0.163 e. The van der Waals surface area contributed by atoms with Crippen LogP contribution in [0.4, 0.5) is 5.82 Å². The van der Waals surface area contributed by atoms with Crippen molar-refractivity contribution in [3.05, 3.63) is 53.9 Å². The van der Waals surface area contributed by atoms with Gasteiger partial charge in [-0.1, -0.05) is 30.3 Å². The summed E-state index contributed by atoms with van der Waals surface area (Å²) in [5, 5.41) is 4.79. The van der Waals surface area contributed by atoms with E-state index in [1.54, 1.807) is 7.11 Å². The molecule has 5 rings (SSSR count). The number of nitrogens with one attached hydrogen (secondary N) is 1. The Hall–Kier alpha value is -2.90. The number of benzene rings is 2. The number of ether oxygens (including phenoxy) is 2. The van der Waals surface area contributed by atoms with Gasteiger partial charge < -0.3 is 24.6 Å². The summed E-state index contributed by atoms with van der Waals surface area (Å²) in [7, 11) is 6.09. The molecule has 36 heavy (non-hydrogen) atoms. The van der Waals surface area contributed by atoms with Gasteiger partial charge in [0.15, 0.2) is 11.5 Å². The van der Waals surface area contributed by atoms with Gasteiger partial charge in [-0.2, -0.15) is 0 Å². The second-order valence-electron chi connectivity index (χ2n) is 10.4. The molecule has 0 aliphatic carbocycles. The third kappa shape index (κ3) is 5.90. The molecule has 0 unspecified atom stereocenters. The zero-order valence-corrected chi connectivity index (χ0v) is 21.9. The summed E-state index contributed by atoms with van der Waals surface area (Å²) in [4.78, 5) is 15.1. The number of hydrogen-bond acceptors (Lipinski definition) is 7. The van der Waals surface area contributed by atoms with E-state index in [4.69, 9.17) is 19.4 Å². The van der Waals surface area contributed by atoms with E-state index >= 15 is 0 Å². The molecule has 3 heterocycles. The number of rotatable bonds is 7. The molecule has 0 bridgehead atoms. The molecule has 2 aliphatic rings. The van der Waals surface area contributed by atoms with E-state index < -0.39 is 0 Å². The van der Waals surface area contributed by atoms with Crippen LogP contribution in [-0.4, -0.2) is 73.2 Å². The first-order valence-electron chi connectivity index (χ1n) is 13.3. The van der Waals surface area contributed by atoms with Crippen LogP contribution in [0.1, 0.15) is 49.4 Å². The first-order valence-corrected chi connectivity index (χ1v) is 13.3. The van der Waals surface area contributed by atoms with Gasteiger partial charge in [-0.05, 0) is 84.0 Å². The molecule has 0 spiro atoms. The van der Waals surface area contributed by atoms with E-state index in [1.807, 2.05) is 30.3 Å². The van der Waals surface area contributed by atoms with E-state index in [0.29, 0.717) is 30.1 Å². The van der Waals surface area contributed by atoms with Crippen molar-refractivity contribution in [3.8, 4) is 11.5 Å². The highest BCUT2D eigenvalue weighted by Crippen LogP contribution is 2.37. The van der Waals surface area contributed by atoms with E-state index in [0.717, 1.165) is 80.0 Å². The maximum atomic E-state index is 6.23. The Kier molecular flexibility index (Phi) is 7.87. The Morgan fingerprint density at radius 3 is 2.42 bits per heavy atom. The highest BCUT2D eigenvalue weighted by molar-refractivity contribution is 5.92. The van der Waals surface area contributed by atoms with Gasteiger partial charge >= 0.3 is 0 Å². The maximum absolute atomic E-state index is 6.23. The lowest BCUT2D eigenvalue weighted by atomic mass is 9.99. The Morgan fingerprint density at radius 1 is 0.889 bits per heavy atom. The van der Waals surface area contributed by atoms with Gasteiger partial charge in [0.25, 0.3) is 0 Å². The van der Waals surface area contributed by atoms with E-state index in [9.17, 15) is 0 Å². The monoisotopic (exact) mass is 489 g/mol. The van der Waals surface area contributed by atoms with Crippen molar-refractivity contribution in [1.82, 2.24) is 19.8 Å². The van der Waals surface area contributed by atoms with Crippen LogP contribution < -0.4 is 14.8 Å². The van der Waals surface area contributed by atoms with Gasteiger partial charge in [-0.3, -0.25) is 0 Å². The van der Waals surface area contributed by atoms with Gasteiger partial charge in [0.1, 0.15) is 18.2 Å².